The van der Waals surface area contributed by atoms with Gasteiger partial charge in [0.1, 0.15) is 0 Å². The van der Waals surface area contributed by atoms with Crippen LogP contribution in [0.3, 0.4) is 0 Å². The second-order valence-electron chi connectivity index (χ2n) is 5.43. The van der Waals surface area contributed by atoms with E-state index in [1.54, 1.807) is 0 Å². The minimum atomic E-state index is 0.701. The Morgan fingerprint density at radius 1 is 1.14 bits per heavy atom. The third kappa shape index (κ3) is 5.66. The van der Waals surface area contributed by atoms with Crippen LogP contribution in [0, 0.1) is 0 Å². The van der Waals surface area contributed by atoms with Crippen LogP contribution in [0.4, 0.5) is 0 Å². The van der Waals surface area contributed by atoms with E-state index in [9.17, 15) is 0 Å². The number of ether oxygens (including phenoxy) is 1. The first-order valence-electron chi connectivity index (χ1n) is 8.22. The Bertz CT molecular complexity index is 461. The number of aliphatic imine (C=N–C) groups is 1. The van der Waals surface area contributed by atoms with Gasteiger partial charge in [-0.3, -0.25) is 4.90 Å². The van der Waals surface area contributed by atoms with Crippen molar-refractivity contribution in [3.05, 3.63) is 35.4 Å². The summed E-state index contributed by atoms with van der Waals surface area (Å²) >= 11 is 0. The van der Waals surface area contributed by atoms with Crippen molar-refractivity contribution in [2.24, 2.45) is 4.99 Å². The number of nitrogens with one attached hydrogen (secondary N) is 2. The van der Waals surface area contributed by atoms with Gasteiger partial charge in [-0.15, -0.1) is 0 Å². The number of morpholine rings is 1. The molecule has 2 rings (SSSR count). The van der Waals surface area contributed by atoms with Crippen molar-refractivity contribution in [1.29, 1.82) is 0 Å². The Balaban J connectivity index is 1.93. The van der Waals surface area contributed by atoms with Crippen LogP contribution in [0.5, 0.6) is 0 Å². The smallest absolute Gasteiger partial charge is 0.191 e. The maximum atomic E-state index is 5.40. The van der Waals surface area contributed by atoms with E-state index in [0.717, 1.165) is 51.9 Å². The van der Waals surface area contributed by atoms with E-state index in [2.05, 4.69) is 58.6 Å². The van der Waals surface area contributed by atoms with Crippen molar-refractivity contribution in [3.63, 3.8) is 0 Å². The van der Waals surface area contributed by atoms with Crippen LogP contribution in [-0.4, -0.2) is 50.3 Å². The van der Waals surface area contributed by atoms with E-state index in [1.165, 1.54) is 11.1 Å². The number of hydrogen-bond donors (Lipinski definition) is 2. The van der Waals surface area contributed by atoms with Gasteiger partial charge in [0.25, 0.3) is 0 Å². The maximum absolute atomic E-state index is 5.40. The zero-order valence-corrected chi connectivity index (χ0v) is 13.8. The molecule has 0 amide bonds. The third-order valence-electron chi connectivity index (χ3n) is 3.61. The van der Waals surface area contributed by atoms with Gasteiger partial charge in [-0.05, 0) is 25.0 Å². The minimum absolute atomic E-state index is 0.701. The summed E-state index contributed by atoms with van der Waals surface area (Å²) in [5.74, 6) is 0.878. The Morgan fingerprint density at radius 2 is 1.82 bits per heavy atom. The normalized spacial score (nSPS) is 15.4. The predicted octanol–water partition coefficient (Wildman–Crippen LogP) is 1.59. The second-order valence-corrected chi connectivity index (χ2v) is 5.43. The molecule has 1 aromatic carbocycles. The molecule has 1 aliphatic heterocycles. The average molecular weight is 304 g/mol. The lowest BCUT2D eigenvalue weighted by atomic mass is 10.1. The molecule has 0 bridgehead atoms. The highest BCUT2D eigenvalue weighted by atomic mass is 16.5. The van der Waals surface area contributed by atoms with E-state index in [0.29, 0.717) is 6.54 Å². The molecule has 0 spiro atoms. The van der Waals surface area contributed by atoms with Gasteiger partial charge in [-0.2, -0.15) is 0 Å². The van der Waals surface area contributed by atoms with Crippen molar-refractivity contribution in [2.45, 2.75) is 26.9 Å². The van der Waals surface area contributed by atoms with Gasteiger partial charge < -0.3 is 15.4 Å². The second kappa shape index (κ2) is 9.43. The van der Waals surface area contributed by atoms with E-state index in [4.69, 9.17) is 4.74 Å². The average Bonchev–Trinajstić information content (AvgIpc) is 2.54. The topological polar surface area (TPSA) is 48.9 Å². The van der Waals surface area contributed by atoms with Gasteiger partial charge in [0.15, 0.2) is 5.96 Å². The third-order valence-corrected chi connectivity index (χ3v) is 3.61. The molecular weight excluding hydrogens is 276 g/mol. The number of hydrogen-bond acceptors (Lipinski definition) is 3. The molecule has 1 fully saturated rings. The molecule has 0 atom stereocenters. The quantitative estimate of drug-likeness (QED) is 0.619. The molecular formula is C17H28N4O. The molecule has 5 nitrogen and oxygen atoms in total. The molecule has 0 saturated carbocycles. The fraction of sp³-hybridized carbons (Fsp3) is 0.588. The Morgan fingerprint density at radius 3 is 2.50 bits per heavy atom. The van der Waals surface area contributed by atoms with Crippen LogP contribution in [0.25, 0.3) is 0 Å². The molecule has 2 N–H and O–H groups in total. The summed E-state index contributed by atoms with van der Waals surface area (Å²) in [4.78, 5) is 7.06. The Kier molecular flexibility index (Phi) is 7.19. The number of rotatable bonds is 6. The van der Waals surface area contributed by atoms with Crippen molar-refractivity contribution in [3.8, 4) is 0 Å². The molecule has 0 radical (unpaired) electrons. The van der Waals surface area contributed by atoms with Crippen LogP contribution >= 0.6 is 0 Å². The molecule has 22 heavy (non-hydrogen) atoms. The van der Waals surface area contributed by atoms with Crippen molar-refractivity contribution in [1.82, 2.24) is 15.5 Å². The molecule has 0 aliphatic carbocycles. The molecule has 1 heterocycles. The molecule has 122 valence electrons. The van der Waals surface area contributed by atoms with Gasteiger partial charge in [0.2, 0.25) is 0 Å². The standard InChI is InChI=1S/C17H28N4O/c1-3-18-17(19-4-2)20-13-15-6-5-7-16(12-15)14-21-8-10-22-11-9-21/h5-7,12H,3-4,8-11,13-14H2,1-2H3,(H2,18,19,20). The van der Waals surface area contributed by atoms with E-state index < -0.39 is 0 Å². The summed E-state index contributed by atoms with van der Waals surface area (Å²) in [5.41, 5.74) is 2.60. The fourth-order valence-electron chi connectivity index (χ4n) is 2.52. The number of benzene rings is 1. The number of nitrogens with zero attached hydrogens (tertiary/aromatic N) is 2. The molecule has 0 aromatic heterocycles. The molecule has 1 saturated heterocycles. The highest BCUT2D eigenvalue weighted by molar-refractivity contribution is 5.79. The van der Waals surface area contributed by atoms with Gasteiger partial charge in [0, 0.05) is 32.7 Å². The highest BCUT2D eigenvalue weighted by Gasteiger charge is 2.10. The lowest BCUT2D eigenvalue weighted by Gasteiger charge is -2.26. The van der Waals surface area contributed by atoms with E-state index >= 15 is 0 Å². The Hall–Kier alpha value is -1.59. The molecule has 1 aliphatic rings. The summed E-state index contributed by atoms with van der Waals surface area (Å²) < 4.78 is 5.40. The van der Waals surface area contributed by atoms with Gasteiger partial charge in [-0.25, -0.2) is 4.99 Å². The Labute approximate surface area is 133 Å². The first kappa shape index (κ1) is 16.8. The summed E-state index contributed by atoms with van der Waals surface area (Å²) in [6.45, 7) is 11.3. The van der Waals surface area contributed by atoms with Crippen LogP contribution in [-0.2, 0) is 17.8 Å². The first-order valence-corrected chi connectivity index (χ1v) is 8.22. The summed E-state index contributed by atoms with van der Waals surface area (Å²) in [5, 5.41) is 6.50. The lowest BCUT2D eigenvalue weighted by Crippen LogP contribution is -2.37. The van der Waals surface area contributed by atoms with Gasteiger partial charge in [0.05, 0.1) is 19.8 Å². The largest absolute Gasteiger partial charge is 0.379 e. The first-order chi connectivity index (χ1) is 10.8. The van der Waals surface area contributed by atoms with Crippen molar-refractivity contribution < 1.29 is 4.74 Å². The van der Waals surface area contributed by atoms with Crippen molar-refractivity contribution >= 4 is 5.96 Å². The summed E-state index contributed by atoms with van der Waals surface area (Å²) in [6, 6.07) is 8.72. The van der Waals surface area contributed by atoms with Crippen LogP contribution in [0.15, 0.2) is 29.3 Å². The zero-order chi connectivity index (χ0) is 15.6. The van der Waals surface area contributed by atoms with Crippen LogP contribution in [0.1, 0.15) is 25.0 Å². The molecule has 0 unspecified atom stereocenters. The van der Waals surface area contributed by atoms with Crippen LogP contribution < -0.4 is 10.6 Å². The zero-order valence-electron chi connectivity index (χ0n) is 13.8. The van der Waals surface area contributed by atoms with Crippen molar-refractivity contribution in [2.75, 3.05) is 39.4 Å². The van der Waals surface area contributed by atoms with Gasteiger partial charge >= 0.3 is 0 Å². The van der Waals surface area contributed by atoms with E-state index in [-0.39, 0.29) is 0 Å². The molecule has 1 aromatic rings. The lowest BCUT2D eigenvalue weighted by molar-refractivity contribution is 0.0342. The van der Waals surface area contributed by atoms with Gasteiger partial charge in [-0.1, -0.05) is 24.3 Å². The molecule has 5 heteroatoms. The SMILES string of the molecule is CCNC(=NCc1cccc(CN2CCOCC2)c1)NCC. The fourth-order valence-corrected chi connectivity index (χ4v) is 2.52. The highest BCUT2D eigenvalue weighted by Crippen LogP contribution is 2.10. The van der Waals surface area contributed by atoms with Crippen LogP contribution in [0.2, 0.25) is 0 Å². The number of guanidine groups is 1. The minimum Gasteiger partial charge on any atom is -0.379 e. The predicted molar refractivity (Wildman–Crippen MR) is 91.0 cm³/mol. The monoisotopic (exact) mass is 304 g/mol. The summed E-state index contributed by atoms with van der Waals surface area (Å²) in [7, 11) is 0. The summed E-state index contributed by atoms with van der Waals surface area (Å²) in [6.07, 6.45) is 0. The maximum Gasteiger partial charge on any atom is 0.191 e. The van der Waals surface area contributed by atoms with E-state index in [1.807, 2.05) is 0 Å².